The fourth-order valence-electron chi connectivity index (χ4n) is 1.48. The molecule has 2 rings (SSSR count). The predicted molar refractivity (Wildman–Crippen MR) is 71.0 cm³/mol. The Morgan fingerprint density at radius 1 is 1.35 bits per heavy atom. The van der Waals surface area contributed by atoms with Gasteiger partial charge in [-0.2, -0.15) is 0 Å². The van der Waals surface area contributed by atoms with E-state index in [4.69, 9.17) is 11.6 Å². The first-order valence-electron chi connectivity index (χ1n) is 5.08. The van der Waals surface area contributed by atoms with Gasteiger partial charge in [0.15, 0.2) is 0 Å². The van der Waals surface area contributed by atoms with Crippen LogP contribution in [0.5, 0.6) is 0 Å². The van der Waals surface area contributed by atoms with E-state index in [1.54, 1.807) is 12.1 Å². The average molecular weight is 267 g/mol. The number of para-hydroxylation sites is 1. The number of nitrogens with one attached hydrogen (secondary N) is 1. The Bertz CT molecular complexity index is 565. The molecule has 0 spiro atoms. The molecule has 0 aliphatic rings. The van der Waals surface area contributed by atoms with E-state index < -0.39 is 0 Å². The van der Waals surface area contributed by atoms with Crippen LogP contribution in [0, 0.1) is 13.8 Å². The molecular formula is C12H11ClN2OS. The maximum Gasteiger partial charge on any atom is 0.267 e. The number of aromatic nitrogens is 1. The Labute approximate surface area is 108 Å². The highest BCUT2D eigenvalue weighted by atomic mass is 35.5. The van der Waals surface area contributed by atoms with Gasteiger partial charge in [0.2, 0.25) is 0 Å². The molecule has 0 saturated carbocycles. The van der Waals surface area contributed by atoms with E-state index in [-0.39, 0.29) is 5.91 Å². The van der Waals surface area contributed by atoms with E-state index in [9.17, 15) is 4.79 Å². The van der Waals surface area contributed by atoms with Crippen molar-refractivity contribution in [2.75, 3.05) is 5.32 Å². The normalized spacial score (nSPS) is 10.3. The first-order chi connectivity index (χ1) is 8.08. The highest BCUT2D eigenvalue weighted by Gasteiger charge is 2.14. The minimum absolute atomic E-state index is 0.166. The molecule has 0 radical (unpaired) electrons. The summed E-state index contributed by atoms with van der Waals surface area (Å²) in [5.41, 5.74) is 1.36. The van der Waals surface area contributed by atoms with Crippen LogP contribution in [0.2, 0.25) is 5.02 Å². The molecule has 0 bridgehead atoms. The fraction of sp³-hybridized carbons (Fsp3) is 0.167. The summed E-state index contributed by atoms with van der Waals surface area (Å²) in [6.07, 6.45) is 0. The summed E-state index contributed by atoms with van der Waals surface area (Å²) in [7, 11) is 0. The third-order valence-corrected chi connectivity index (χ3v) is 3.63. The maximum absolute atomic E-state index is 12.0. The number of aryl methyl sites for hydroxylation is 2. The zero-order valence-corrected chi connectivity index (χ0v) is 11.0. The zero-order valence-electron chi connectivity index (χ0n) is 9.45. The van der Waals surface area contributed by atoms with Crippen molar-refractivity contribution in [2.24, 2.45) is 0 Å². The molecule has 5 heteroatoms. The van der Waals surface area contributed by atoms with Crippen molar-refractivity contribution in [1.82, 2.24) is 4.98 Å². The Balaban J connectivity index is 2.23. The molecular weight excluding hydrogens is 256 g/mol. The van der Waals surface area contributed by atoms with Crippen LogP contribution in [-0.2, 0) is 0 Å². The molecule has 2 aromatic rings. The first kappa shape index (κ1) is 12.1. The molecule has 1 aromatic heterocycles. The van der Waals surface area contributed by atoms with Gasteiger partial charge >= 0.3 is 0 Å². The molecule has 0 unspecified atom stereocenters. The molecule has 88 valence electrons. The second-order valence-electron chi connectivity index (χ2n) is 3.58. The fourth-order valence-corrected chi connectivity index (χ4v) is 2.48. The van der Waals surface area contributed by atoms with Gasteiger partial charge in [-0.15, -0.1) is 11.3 Å². The third kappa shape index (κ3) is 2.65. The van der Waals surface area contributed by atoms with E-state index in [2.05, 4.69) is 10.3 Å². The van der Waals surface area contributed by atoms with Crippen LogP contribution in [0.15, 0.2) is 24.3 Å². The number of hydrogen-bond donors (Lipinski definition) is 1. The number of anilines is 1. The van der Waals surface area contributed by atoms with Gasteiger partial charge in [0.05, 0.1) is 21.4 Å². The van der Waals surface area contributed by atoms with Crippen molar-refractivity contribution in [3.63, 3.8) is 0 Å². The van der Waals surface area contributed by atoms with E-state index in [0.29, 0.717) is 15.6 Å². The highest BCUT2D eigenvalue weighted by molar-refractivity contribution is 7.13. The second-order valence-corrected chi connectivity index (χ2v) is 5.19. The monoisotopic (exact) mass is 266 g/mol. The number of nitrogens with zero attached hydrogens (tertiary/aromatic N) is 1. The number of hydrogen-bond acceptors (Lipinski definition) is 3. The quantitative estimate of drug-likeness (QED) is 0.901. The Morgan fingerprint density at radius 2 is 2.06 bits per heavy atom. The summed E-state index contributed by atoms with van der Waals surface area (Å²) in [5.74, 6) is -0.166. The lowest BCUT2D eigenvalue weighted by molar-refractivity contribution is 0.103. The molecule has 1 heterocycles. The summed E-state index contributed by atoms with van der Waals surface area (Å²) in [6, 6.07) is 7.15. The van der Waals surface area contributed by atoms with Crippen molar-refractivity contribution < 1.29 is 4.79 Å². The predicted octanol–water partition coefficient (Wildman–Crippen LogP) is 3.67. The van der Waals surface area contributed by atoms with E-state index in [1.807, 2.05) is 26.0 Å². The minimum atomic E-state index is -0.166. The lowest BCUT2D eigenvalue weighted by atomic mass is 10.3. The number of benzene rings is 1. The molecule has 0 atom stereocenters. The van der Waals surface area contributed by atoms with Crippen molar-refractivity contribution in [3.8, 4) is 0 Å². The summed E-state index contributed by atoms with van der Waals surface area (Å²) >= 11 is 7.36. The Morgan fingerprint density at radius 3 is 2.65 bits per heavy atom. The van der Waals surface area contributed by atoms with Crippen LogP contribution in [0.3, 0.4) is 0 Å². The third-order valence-electron chi connectivity index (χ3n) is 2.23. The van der Waals surface area contributed by atoms with Crippen molar-refractivity contribution in [2.45, 2.75) is 13.8 Å². The molecule has 0 saturated heterocycles. The maximum atomic E-state index is 12.0. The van der Waals surface area contributed by atoms with Crippen molar-refractivity contribution >= 4 is 34.5 Å². The van der Waals surface area contributed by atoms with Crippen LogP contribution in [0.4, 0.5) is 5.69 Å². The summed E-state index contributed by atoms with van der Waals surface area (Å²) in [6.45, 7) is 3.70. The number of amides is 1. The van der Waals surface area contributed by atoms with Crippen LogP contribution in [-0.4, -0.2) is 10.9 Å². The second kappa shape index (κ2) is 4.85. The largest absolute Gasteiger partial charge is 0.320 e. The number of thiazole rings is 1. The van der Waals surface area contributed by atoms with Gasteiger partial charge in [-0.3, -0.25) is 4.79 Å². The SMILES string of the molecule is Cc1nc(C)c(C(=O)Nc2ccccc2Cl)s1. The first-order valence-corrected chi connectivity index (χ1v) is 6.27. The van der Waals surface area contributed by atoms with Gasteiger partial charge in [0.1, 0.15) is 4.88 Å². The number of carbonyl (C=O) groups excluding carboxylic acids is 1. The molecule has 1 aromatic carbocycles. The summed E-state index contributed by atoms with van der Waals surface area (Å²) in [5, 5.41) is 4.19. The number of carbonyl (C=O) groups is 1. The number of halogens is 1. The van der Waals surface area contributed by atoms with Gasteiger partial charge in [0, 0.05) is 0 Å². The van der Waals surface area contributed by atoms with Gasteiger partial charge in [-0.25, -0.2) is 4.98 Å². The van der Waals surface area contributed by atoms with Gasteiger partial charge in [0.25, 0.3) is 5.91 Å². The lowest BCUT2D eigenvalue weighted by Gasteiger charge is -2.05. The molecule has 0 fully saturated rings. The molecule has 17 heavy (non-hydrogen) atoms. The van der Waals surface area contributed by atoms with Crippen molar-refractivity contribution in [1.29, 1.82) is 0 Å². The van der Waals surface area contributed by atoms with Crippen molar-refractivity contribution in [3.05, 3.63) is 44.9 Å². The highest BCUT2D eigenvalue weighted by Crippen LogP contribution is 2.23. The van der Waals surface area contributed by atoms with Crippen LogP contribution >= 0.6 is 22.9 Å². The van der Waals surface area contributed by atoms with E-state index >= 15 is 0 Å². The molecule has 1 N–H and O–H groups in total. The van der Waals surface area contributed by atoms with Crippen LogP contribution in [0.1, 0.15) is 20.4 Å². The molecule has 0 aliphatic carbocycles. The lowest BCUT2D eigenvalue weighted by Crippen LogP contribution is -2.11. The molecule has 1 amide bonds. The van der Waals surface area contributed by atoms with E-state index in [1.165, 1.54) is 11.3 Å². The topological polar surface area (TPSA) is 42.0 Å². The zero-order chi connectivity index (χ0) is 12.4. The van der Waals surface area contributed by atoms with Gasteiger partial charge < -0.3 is 5.32 Å². The summed E-state index contributed by atoms with van der Waals surface area (Å²) in [4.78, 5) is 16.8. The van der Waals surface area contributed by atoms with Gasteiger partial charge in [-0.1, -0.05) is 23.7 Å². The minimum Gasteiger partial charge on any atom is -0.320 e. The average Bonchev–Trinajstić information content (AvgIpc) is 2.61. The molecule has 3 nitrogen and oxygen atoms in total. The number of rotatable bonds is 2. The van der Waals surface area contributed by atoms with Crippen LogP contribution < -0.4 is 5.32 Å². The van der Waals surface area contributed by atoms with Gasteiger partial charge in [-0.05, 0) is 26.0 Å². The Hall–Kier alpha value is -1.39. The van der Waals surface area contributed by atoms with Crippen LogP contribution in [0.25, 0.3) is 0 Å². The molecule has 0 aliphatic heterocycles. The standard InChI is InChI=1S/C12H11ClN2OS/c1-7-11(17-8(2)14-7)12(16)15-10-6-4-3-5-9(10)13/h3-6H,1-2H3,(H,15,16). The summed E-state index contributed by atoms with van der Waals surface area (Å²) < 4.78 is 0. The smallest absolute Gasteiger partial charge is 0.267 e. The van der Waals surface area contributed by atoms with E-state index in [0.717, 1.165) is 10.7 Å². The Kier molecular flexibility index (Phi) is 3.45.